The van der Waals surface area contributed by atoms with E-state index in [1.807, 2.05) is 36.7 Å². The van der Waals surface area contributed by atoms with Crippen LogP contribution in [0.15, 0.2) is 55.0 Å². The van der Waals surface area contributed by atoms with E-state index in [2.05, 4.69) is 39.7 Å². The maximum Gasteiger partial charge on any atom is 0.0991 e. The van der Waals surface area contributed by atoms with Gasteiger partial charge in [-0.1, -0.05) is 12.1 Å². The van der Waals surface area contributed by atoms with Gasteiger partial charge in [-0.2, -0.15) is 5.26 Å². The summed E-state index contributed by atoms with van der Waals surface area (Å²) in [5.41, 5.74) is 5.71. The molecule has 0 spiro atoms. The molecule has 3 aromatic rings. The lowest BCUT2D eigenvalue weighted by Gasteiger charge is -2.23. The van der Waals surface area contributed by atoms with Gasteiger partial charge >= 0.3 is 0 Å². The summed E-state index contributed by atoms with van der Waals surface area (Å²) >= 11 is 0. The van der Waals surface area contributed by atoms with E-state index in [4.69, 9.17) is 5.26 Å². The minimum atomic E-state index is 0.537. The first-order chi connectivity index (χ1) is 12.8. The first kappa shape index (κ1) is 16.6. The van der Waals surface area contributed by atoms with Crippen LogP contribution in [0.3, 0.4) is 0 Å². The minimum absolute atomic E-state index is 0.537. The van der Waals surface area contributed by atoms with Crippen LogP contribution in [-0.4, -0.2) is 22.6 Å². The van der Waals surface area contributed by atoms with E-state index in [1.54, 1.807) is 0 Å². The van der Waals surface area contributed by atoms with Crippen molar-refractivity contribution in [1.82, 2.24) is 15.3 Å². The molecule has 4 nitrogen and oxygen atoms in total. The van der Waals surface area contributed by atoms with Gasteiger partial charge < -0.3 is 10.3 Å². The molecule has 0 bridgehead atoms. The number of hydrogen-bond donors (Lipinski definition) is 2. The normalized spacial score (nSPS) is 17.0. The molecule has 4 heteroatoms. The molecule has 0 saturated heterocycles. The summed E-state index contributed by atoms with van der Waals surface area (Å²) in [4.78, 5) is 7.49. The van der Waals surface area contributed by atoms with Crippen molar-refractivity contribution in [3.63, 3.8) is 0 Å². The standard InChI is InChI=1S/C22H22N4/c23-13-17-3-8-22-20(12-17)21(15-26-22)18-4-6-19(7-5-18)25-11-9-16-2-1-10-24-14-16/h1-4,8,10,12,14-15,19,25-26H,5-7,9,11H2. The van der Waals surface area contributed by atoms with Gasteiger partial charge in [-0.3, -0.25) is 4.98 Å². The third-order valence-electron chi connectivity index (χ3n) is 5.14. The number of aromatic amines is 1. The summed E-state index contributed by atoms with van der Waals surface area (Å²) in [6, 6.07) is 12.7. The number of aromatic nitrogens is 2. The predicted octanol–water partition coefficient (Wildman–Crippen LogP) is 4.20. The predicted molar refractivity (Wildman–Crippen MR) is 105 cm³/mol. The Kier molecular flexibility index (Phi) is 4.81. The molecular weight excluding hydrogens is 320 g/mol. The van der Waals surface area contributed by atoms with E-state index < -0.39 is 0 Å². The summed E-state index contributed by atoms with van der Waals surface area (Å²) in [5.74, 6) is 0. The Hall–Kier alpha value is -2.90. The molecule has 130 valence electrons. The van der Waals surface area contributed by atoms with Crippen molar-refractivity contribution in [2.45, 2.75) is 31.7 Å². The maximum absolute atomic E-state index is 9.15. The number of allylic oxidation sites excluding steroid dienone is 1. The van der Waals surface area contributed by atoms with Gasteiger partial charge in [0.2, 0.25) is 0 Å². The molecule has 4 rings (SSSR count). The molecule has 0 fully saturated rings. The van der Waals surface area contributed by atoms with Crippen LogP contribution < -0.4 is 5.32 Å². The summed E-state index contributed by atoms with van der Waals surface area (Å²) in [6.45, 7) is 0.984. The fourth-order valence-corrected chi connectivity index (χ4v) is 3.69. The van der Waals surface area contributed by atoms with Gasteiger partial charge in [0.05, 0.1) is 11.6 Å². The molecule has 2 heterocycles. The molecule has 1 aliphatic rings. The zero-order valence-electron chi connectivity index (χ0n) is 14.7. The molecule has 1 aliphatic carbocycles. The van der Waals surface area contributed by atoms with Crippen molar-refractivity contribution < 1.29 is 0 Å². The Labute approximate surface area is 153 Å². The molecule has 1 aromatic carbocycles. The number of benzene rings is 1. The smallest absolute Gasteiger partial charge is 0.0991 e. The van der Waals surface area contributed by atoms with Crippen molar-refractivity contribution in [2.75, 3.05) is 6.54 Å². The van der Waals surface area contributed by atoms with Crippen molar-refractivity contribution in [3.05, 3.63) is 71.7 Å². The van der Waals surface area contributed by atoms with Crippen LogP contribution in [0.1, 0.15) is 36.0 Å². The third-order valence-corrected chi connectivity index (χ3v) is 5.14. The van der Waals surface area contributed by atoms with Gasteiger partial charge in [0.15, 0.2) is 0 Å². The summed E-state index contributed by atoms with van der Waals surface area (Å²) in [5, 5.41) is 14.0. The van der Waals surface area contributed by atoms with Crippen molar-refractivity contribution >= 4 is 16.5 Å². The molecule has 2 aromatic heterocycles. The number of fused-ring (bicyclic) bond motifs is 1. The number of nitrogens with one attached hydrogen (secondary N) is 2. The molecule has 0 amide bonds. The van der Waals surface area contributed by atoms with E-state index in [9.17, 15) is 0 Å². The van der Waals surface area contributed by atoms with E-state index in [0.29, 0.717) is 11.6 Å². The first-order valence-electron chi connectivity index (χ1n) is 9.16. The molecule has 0 radical (unpaired) electrons. The average Bonchev–Trinajstić information content (AvgIpc) is 3.12. The number of nitriles is 1. The Balaban J connectivity index is 1.39. The fourth-order valence-electron chi connectivity index (χ4n) is 3.69. The van der Waals surface area contributed by atoms with Crippen molar-refractivity contribution in [1.29, 1.82) is 5.26 Å². The van der Waals surface area contributed by atoms with E-state index in [-0.39, 0.29) is 0 Å². The highest BCUT2D eigenvalue weighted by atomic mass is 14.9. The average molecular weight is 342 g/mol. The highest BCUT2D eigenvalue weighted by molar-refractivity contribution is 5.93. The lowest BCUT2D eigenvalue weighted by Crippen LogP contribution is -2.31. The number of nitrogens with zero attached hydrogens (tertiary/aromatic N) is 2. The van der Waals surface area contributed by atoms with Gasteiger partial charge in [0.1, 0.15) is 0 Å². The second-order valence-electron chi connectivity index (χ2n) is 6.84. The van der Waals surface area contributed by atoms with Crippen LogP contribution >= 0.6 is 0 Å². The molecular formula is C22H22N4. The van der Waals surface area contributed by atoms with Gasteiger partial charge in [0, 0.05) is 41.1 Å². The second-order valence-corrected chi connectivity index (χ2v) is 6.84. The highest BCUT2D eigenvalue weighted by Crippen LogP contribution is 2.32. The van der Waals surface area contributed by atoms with E-state index in [1.165, 1.54) is 16.7 Å². The number of rotatable bonds is 5. The van der Waals surface area contributed by atoms with Gasteiger partial charge in [-0.05, 0) is 67.6 Å². The summed E-state index contributed by atoms with van der Waals surface area (Å²) < 4.78 is 0. The zero-order chi connectivity index (χ0) is 17.8. The molecule has 1 atom stereocenters. The number of pyridine rings is 1. The Morgan fingerprint density at radius 2 is 2.27 bits per heavy atom. The summed E-state index contributed by atoms with van der Waals surface area (Å²) in [6.07, 6.45) is 12.5. The van der Waals surface area contributed by atoms with E-state index >= 15 is 0 Å². The molecule has 0 aliphatic heterocycles. The van der Waals surface area contributed by atoms with Crippen molar-refractivity contribution in [2.24, 2.45) is 0 Å². The minimum Gasteiger partial charge on any atom is -0.361 e. The molecule has 0 saturated carbocycles. The SMILES string of the molecule is N#Cc1ccc2[nH]cc(C3=CCC(NCCc4cccnc4)CC3)c2c1. The Bertz CT molecular complexity index is 963. The third kappa shape index (κ3) is 3.54. The van der Waals surface area contributed by atoms with Gasteiger partial charge in [-0.15, -0.1) is 0 Å². The van der Waals surface area contributed by atoms with Crippen LogP contribution in [-0.2, 0) is 6.42 Å². The van der Waals surface area contributed by atoms with Crippen molar-refractivity contribution in [3.8, 4) is 6.07 Å². The lowest BCUT2D eigenvalue weighted by atomic mass is 9.90. The van der Waals surface area contributed by atoms with Crippen LogP contribution in [0.2, 0.25) is 0 Å². The largest absolute Gasteiger partial charge is 0.361 e. The molecule has 1 unspecified atom stereocenters. The molecule has 2 N–H and O–H groups in total. The fraction of sp³-hybridized carbons (Fsp3) is 0.273. The van der Waals surface area contributed by atoms with Gasteiger partial charge in [-0.25, -0.2) is 0 Å². The first-order valence-corrected chi connectivity index (χ1v) is 9.16. The maximum atomic E-state index is 9.15. The van der Waals surface area contributed by atoms with Crippen LogP contribution in [0.4, 0.5) is 0 Å². The lowest BCUT2D eigenvalue weighted by molar-refractivity contribution is 0.482. The quantitative estimate of drug-likeness (QED) is 0.730. The number of hydrogen-bond acceptors (Lipinski definition) is 3. The zero-order valence-corrected chi connectivity index (χ0v) is 14.7. The second kappa shape index (κ2) is 7.55. The summed E-state index contributed by atoms with van der Waals surface area (Å²) in [7, 11) is 0. The van der Waals surface area contributed by atoms with Gasteiger partial charge in [0.25, 0.3) is 0 Å². The topological polar surface area (TPSA) is 64.5 Å². The Morgan fingerprint density at radius 3 is 3.04 bits per heavy atom. The highest BCUT2D eigenvalue weighted by Gasteiger charge is 2.17. The number of H-pyrrole nitrogens is 1. The Morgan fingerprint density at radius 1 is 1.31 bits per heavy atom. The monoisotopic (exact) mass is 342 g/mol. The van der Waals surface area contributed by atoms with Crippen LogP contribution in [0.5, 0.6) is 0 Å². The van der Waals surface area contributed by atoms with Crippen LogP contribution in [0.25, 0.3) is 16.5 Å². The van der Waals surface area contributed by atoms with Crippen LogP contribution in [0, 0.1) is 11.3 Å². The molecule has 26 heavy (non-hydrogen) atoms. The van der Waals surface area contributed by atoms with E-state index in [0.717, 1.165) is 43.1 Å².